The maximum atomic E-state index is 10.7. The van der Waals surface area contributed by atoms with Gasteiger partial charge in [-0.2, -0.15) is 0 Å². The van der Waals surface area contributed by atoms with E-state index in [1.165, 1.54) is 12.8 Å². The Labute approximate surface area is 94.1 Å². The third-order valence-corrected chi connectivity index (χ3v) is 2.69. The van der Waals surface area contributed by atoms with Crippen molar-refractivity contribution in [1.82, 2.24) is 0 Å². The molecule has 2 nitrogen and oxygen atoms in total. The summed E-state index contributed by atoms with van der Waals surface area (Å²) in [4.78, 5) is 10.7. The van der Waals surface area contributed by atoms with Gasteiger partial charge in [0, 0.05) is 6.42 Å². The quantitative estimate of drug-likeness (QED) is 0.565. The van der Waals surface area contributed by atoms with Gasteiger partial charge in [0.2, 0.25) is 0 Å². The Bertz CT molecular complexity index is 155. The van der Waals surface area contributed by atoms with Gasteiger partial charge in [-0.15, -0.1) is 0 Å². The van der Waals surface area contributed by atoms with Crippen LogP contribution in [0.15, 0.2) is 0 Å². The van der Waals surface area contributed by atoms with Crippen molar-refractivity contribution in [3.8, 4) is 0 Å². The molecule has 0 bridgehead atoms. The second-order valence-electron chi connectivity index (χ2n) is 4.45. The smallest absolute Gasteiger partial charge is 0.129 e. The van der Waals surface area contributed by atoms with Crippen LogP contribution in [0.25, 0.3) is 0 Å². The van der Waals surface area contributed by atoms with E-state index in [-0.39, 0.29) is 6.10 Å². The Morgan fingerprint density at radius 1 is 1.07 bits per heavy atom. The summed E-state index contributed by atoms with van der Waals surface area (Å²) < 4.78 is 0. The topological polar surface area (TPSA) is 37.3 Å². The molecule has 0 heterocycles. The zero-order chi connectivity index (χ0) is 11.5. The number of hydrogen-bond donors (Lipinski definition) is 1. The van der Waals surface area contributed by atoms with E-state index in [1.807, 2.05) is 0 Å². The van der Waals surface area contributed by atoms with Crippen molar-refractivity contribution in [3.05, 3.63) is 0 Å². The molecule has 2 heteroatoms. The van der Waals surface area contributed by atoms with Crippen LogP contribution >= 0.6 is 0 Å². The van der Waals surface area contributed by atoms with E-state index in [0.717, 1.165) is 44.9 Å². The summed E-state index contributed by atoms with van der Waals surface area (Å²) in [6.07, 6.45) is 9.30. The molecule has 0 aromatic heterocycles. The van der Waals surface area contributed by atoms with Crippen molar-refractivity contribution in [3.63, 3.8) is 0 Å². The number of unbranched alkanes of at least 4 members (excludes halogenated alkanes) is 4. The number of hydrogen-bond acceptors (Lipinski definition) is 2. The van der Waals surface area contributed by atoms with E-state index in [0.29, 0.717) is 5.78 Å². The fourth-order valence-electron chi connectivity index (χ4n) is 1.76. The summed E-state index contributed by atoms with van der Waals surface area (Å²) in [7, 11) is 0. The third-order valence-electron chi connectivity index (χ3n) is 2.69. The van der Waals surface area contributed by atoms with E-state index in [4.69, 9.17) is 0 Å². The maximum absolute atomic E-state index is 10.7. The Hall–Kier alpha value is -0.370. The molecule has 15 heavy (non-hydrogen) atoms. The highest BCUT2D eigenvalue weighted by atomic mass is 16.3. The van der Waals surface area contributed by atoms with Gasteiger partial charge in [-0.25, -0.2) is 0 Å². The fraction of sp³-hybridized carbons (Fsp3) is 0.923. The number of Topliss-reactive ketones (excluding diaryl/α,β-unsaturated/α-hetero) is 1. The Morgan fingerprint density at radius 3 is 2.27 bits per heavy atom. The average Bonchev–Trinajstić information content (AvgIpc) is 2.16. The molecule has 0 saturated carbocycles. The predicted molar refractivity (Wildman–Crippen MR) is 63.9 cm³/mol. The summed E-state index contributed by atoms with van der Waals surface area (Å²) in [6, 6.07) is 0. The van der Waals surface area contributed by atoms with Gasteiger partial charge in [0.05, 0.1) is 6.10 Å². The lowest BCUT2D eigenvalue weighted by molar-refractivity contribution is -0.117. The highest BCUT2D eigenvalue weighted by Crippen LogP contribution is 2.11. The first-order valence-electron chi connectivity index (χ1n) is 6.34. The second kappa shape index (κ2) is 10.2. The lowest BCUT2D eigenvalue weighted by Gasteiger charge is -2.08. The first-order valence-corrected chi connectivity index (χ1v) is 6.34. The summed E-state index contributed by atoms with van der Waals surface area (Å²) in [6.45, 7) is 3.76. The minimum absolute atomic E-state index is 0.0905. The highest BCUT2D eigenvalue weighted by Gasteiger charge is 2.01. The number of carbonyl (C=O) groups excluding carboxylic acids is 1. The van der Waals surface area contributed by atoms with Gasteiger partial charge in [-0.3, -0.25) is 0 Å². The third kappa shape index (κ3) is 11.6. The van der Waals surface area contributed by atoms with Crippen LogP contribution in [0.1, 0.15) is 71.6 Å². The zero-order valence-electron chi connectivity index (χ0n) is 10.3. The van der Waals surface area contributed by atoms with E-state index < -0.39 is 0 Å². The van der Waals surface area contributed by atoms with Crippen LogP contribution < -0.4 is 0 Å². The van der Waals surface area contributed by atoms with Crippen LogP contribution in [0.2, 0.25) is 0 Å². The van der Waals surface area contributed by atoms with Crippen LogP contribution in [-0.2, 0) is 4.79 Å². The number of ketones is 1. The molecule has 0 aromatic rings. The molecule has 1 N–H and O–H groups in total. The molecule has 0 radical (unpaired) electrons. The van der Waals surface area contributed by atoms with Gasteiger partial charge in [0.25, 0.3) is 0 Å². The van der Waals surface area contributed by atoms with Crippen LogP contribution in [0.5, 0.6) is 0 Å². The van der Waals surface area contributed by atoms with Crippen molar-refractivity contribution in [2.24, 2.45) is 0 Å². The van der Waals surface area contributed by atoms with E-state index in [1.54, 1.807) is 6.92 Å². The summed E-state index contributed by atoms with van der Waals surface area (Å²) >= 11 is 0. The van der Waals surface area contributed by atoms with Gasteiger partial charge in [-0.05, 0) is 26.2 Å². The molecule has 0 amide bonds. The van der Waals surface area contributed by atoms with Gasteiger partial charge >= 0.3 is 0 Å². The lowest BCUT2D eigenvalue weighted by Crippen LogP contribution is -2.04. The fourth-order valence-corrected chi connectivity index (χ4v) is 1.76. The second-order valence-corrected chi connectivity index (χ2v) is 4.45. The molecule has 0 aliphatic carbocycles. The van der Waals surface area contributed by atoms with Crippen molar-refractivity contribution in [1.29, 1.82) is 0 Å². The minimum Gasteiger partial charge on any atom is -0.393 e. The van der Waals surface area contributed by atoms with Crippen molar-refractivity contribution < 1.29 is 9.90 Å². The highest BCUT2D eigenvalue weighted by molar-refractivity contribution is 5.75. The van der Waals surface area contributed by atoms with Gasteiger partial charge in [0.15, 0.2) is 0 Å². The normalized spacial score (nSPS) is 12.7. The molecule has 90 valence electrons. The first kappa shape index (κ1) is 14.6. The largest absolute Gasteiger partial charge is 0.393 e. The number of aliphatic hydroxyl groups is 1. The molecule has 1 unspecified atom stereocenters. The maximum Gasteiger partial charge on any atom is 0.129 e. The lowest BCUT2D eigenvalue weighted by atomic mass is 10.0. The summed E-state index contributed by atoms with van der Waals surface area (Å²) in [5.41, 5.74) is 0. The summed E-state index contributed by atoms with van der Waals surface area (Å²) in [5, 5.41) is 9.48. The van der Waals surface area contributed by atoms with Crippen molar-refractivity contribution >= 4 is 5.78 Å². The van der Waals surface area contributed by atoms with E-state index >= 15 is 0 Å². The predicted octanol–water partition coefficient (Wildman–Crippen LogP) is 3.47. The van der Waals surface area contributed by atoms with E-state index in [2.05, 4.69) is 6.92 Å². The Morgan fingerprint density at radius 2 is 1.67 bits per heavy atom. The standard InChI is InChI=1S/C13H26O2/c1-3-9-13(15)11-8-6-4-5-7-10-12(2)14/h13,15H,3-11H2,1-2H3. The molecule has 0 aliphatic rings. The van der Waals surface area contributed by atoms with Gasteiger partial charge < -0.3 is 9.90 Å². The van der Waals surface area contributed by atoms with E-state index in [9.17, 15) is 9.90 Å². The Balaban J connectivity index is 3.07. The van der Waals surface area contributed by atoms with Gasteiger partial charge in [0.1, 0.15) is 5.78 Å². The molecule has 0 rings (SSSR count). The molecule has 0 aliphatic heterocycles. The summed E-state index contributed by atoms with van der Waals surface area (Å²) in [5.74, 6) is 0.299. The Kier molecular flexibility index (Phi) is 9.91. The molecular formula is C13H26O2. The molecule has 0 fully saturated rings. The number of rotatable bonds is 10. The SMILES string of the molecule is CCCC(O)CCCCCCCC(C)=O. The van der Waals surface area contributed by atoms with Crippen molar-refractivity contribution in [2.45, 2.75) is 77.7 Å². The first-order chi connectivity index (χ1) is 7.16. The molecule has 0 saturated heterocycles. The van der Waals surface area contributed by atoms with Crippen LogP contribution in [0.4, 0.5) is 0 Å². The zero-order valence-corrected chi connectivity index (χ0v) is 10.3. The molecule has 0 spiro atoms. The monoisotopic (exact) mass is 214 g/mol. The van der Waals surface area contributed by atoms with Gasteiger partial charge in [-0.1, -0.05) is 39.0 Å². The number of aliphatic hydroxyl groups excluding tert-OH is 1. The molecule has 1 atom stereocenters. The van der Waals surface area contributed by atoms with Crippen molar-refractivity contribution in [2.75, 3.05) is 0 Å². The molecular weight excluding hydrogens is 188 g/mol. The average molecular weight is 214 g/mol. The van der Waals surface area contributed by atoms with Crippen LogP contribution in [0, 0.1) is 0 Å². The minimum atomic E-state index is -0.0905. The molecule has 0 aromatic carbocycles. The van der Waals surface area contributed by atoms with Crippen LogP contribution in [0.3, 0.4) is 0 Å². The van der Waals surface area contributed by atoms with Crippen LogP contribution in [-0.4, -0.2) is 17.0 Å². The number of carbonyl (C=O) groups is 1.